The van der Waals surface area contributed by atoms with Gasteiger partial charge in [0.25, 0.3) is 0 Å². The Kier molecular flexibility index (Phi) is 6.36. The summed E-state index contributed by atoms with van der Waals surface area (Å²) in [6, 6.07) is 20.0. The van der Waals surface area contributed by atoms with Crippen molar-refractivity contribution in [2.45, 2.75) is 64.6 Å². The zero-order valence-electron chi connectivity index (χ0n) is 22.7. The van der Waals surface area contributed by atoms with E-state index in [0.29, 0.717) is 12.1 Å². The van der Waals surface area contributed by atoms with E-state index in [-0.39, 0.29) is 6.97 Å². The van der Waals surface area contributed by atoms with Crippen molar-refractivity contribution in [3.05, 3.63) is 79.4 Å². The SMILES string of the molecule is CC(C)N1CCCCC1C(C)(C)Nc1nc(-c2ccncc2)c(-c2ccc3ccccc3c2)c2nccn12.[HH]. The van der Waals surface area contributed by atoms with Gasteiger partial charge in [-0.05, 0) is 81.6 Å². The highest BCUT2D eigenvalue weighted by atomic mass is 15.3. The fraction of sp³-hybridized carbons (Fsp3) is 0.344. The van der Waals surface area contributed by atoms with Gasteiger partial charge in [0.15, 0.2) is 0 Å². The molecule has 6 nitrogen and oxygen atoms in total. The predicted molar refractivity (Wildman–Crippen MR) is 158 cm³/mol. The third-order valence-electron chi connectivity index (χ3n) is 8.01. The van der Waals surface area contributed by atoms with Crippen molar-refractivity contribution >= 4 is 22.4 Å². The molecule has 4 heterocycles. The number of imidazole rings is 1. The van der Waals surface area contributed by atoms with Crippen LogP contribution in [-0.4, -0.2) is 48.4 Å². The van der Waals surface area contributed by atoms with Gasteiger partial charge in [-0.15, -0.1) is 0 Å². The summed E-state index contributed by atoms with van der Waals surface area (Å²) in [6.45, 7) is 10.4. The van der Waals surface area contributed by atoms with Crippen molar-refractivity contribution in [1.29, 1.82) is 0 Å². The van der Waals surface area contributed by atoms with Gasteiger partial charge in [0.1, 0.15) is 5.65 Å². The Hall–Kier alpha value is -3.77. The molecule has 196 valence electrons. The lowest BCUT2D eigenvalue weighted by molar-refractivity contribution is 0.0740. The molecule has 1 aliphatic heterocycles. The monoisotopic (exact) mass is 506 g/mol. The Morgan fingerprint density at radius 3 is 2.53 bits per heavy atom. The van der Waals surface area contributed by atoms with Crippen molar-refractivity contribution in [2.24, 2.45) is 0 Å². The van der Waals surface area contributed by atoms with E-state index in [1.807, 2.05) is 36.9 Å². The average molecular weight is 507 g/mol. The number of rotatable bonds is 6. The minimum Gasteiger partial charge on any atom is -0.349 e. The number of pyridine rings is 1. The molecule has 3 aromatic heterocycles. The summed E-state index contributed by atoms with van der Waals surface area (Å²) in [5.41, 5.74) is 4.76. The standard InChI is InChI=1S/C32H36N6.H2/c1-22(2)37-19-8-7-11-27(37)32(3,4)36-31-35-29(24-14-16-33-17-15-24)28(30-34-18-20-38(30)31)26-13-12-23-9-5-6-10-25(23)21-26;/h5-6,9-10,12-18,20-22,27H,7-8,11,19H2,1-4H3,(H,35,36);1H. The number of benzene rings is 2. The van der Waals surface area contributed by atoms with Gasteiger partial charge >= 0.3 is 0 Å². The summed E-state index contributed by atoms with van der Waals surface area (Å²) >= 11 is 0. The van der Waals surface area contributed by atoms with Gasteiger partial charge in [-0.2, -0.15) is 0 Å². The normalized spacial score (nSPS) is 16.9. The van der Waals surface area contributed by atoms with Crippen molar-refractivity contribution in [3.8, 4) is 22.4 Å². The second kappa shape index (κ2) is 9.84. The van der Waals surface area contributed by atoms with E-state index in [1.54, 1.807) is 0 Å². The van der Waals surface area contributed by atoms with Crippen molar-refractivity contribution in [1.82, 2.24) is 24.3 Å². The van der Waals surface area contributed by atoms with Gasteiger partial charge in [-0.3, -0.25) is 14.3 Å². The molecule has 1 N–H and O–H groups in total. The second-order valence-electron chi connectivity index (χ2n) is 11.3. The van der Waals surface area contributed by atoms with Crippen LogP contribution >= 0.6 is 0 Å². The fourth-order valence-electron chi connectivity index (χ4n) is 6.12. The van der Waals surface area contributed by atoms with E-state index in [9.17, 15) is 0 Å². The summed E-state index contributed by atoms with van der Waals surface area (Å²) in [7, 11) is 0. The number of hydrogen-bond acceptors (Lipinski definition) is 5. The molecule has 0 amide bonds. The molecule has 0 bridgehead atoms. The first kappa shape index (κ1) is 24.6. The maximum atomic E-state index is 5.32. The molecular weight excluding hydrogens is 468 g/mol. The molecule has 0 saturated carbocycles. The third kappa shape index (κ3) is 4.43. The second-order valence-corrected chi connectivity index (χ2v) is 11.3. The summed E-state index contributed by atoms with van der Waals surface area (Å²) in [4.78, 5) is 17.1. The number of piperidine rings is 1. The fourth-order valence-corrected chi connectivity index (χ4v) is 6.12. The quantitative estimate of drug-likeness (QED) is 0.262. The van der Waals surface area contributed by atoms with Crippen LogP contribution in [0.25, 0.3) is 38.8 Å². The first-order valence-electron chi connectivity index (χ1n) is 13.7. The van der Waals surface area contributed by atoms with Crippen LogP contribution in [0.15, 0.2) is 79.4 Å². The van der Waals surface area contributed by atoms with E-state index in [4.69, 9.17) is 9.97 Å². The number of aromatic nitrogens is 4. The molecule has 0 spiro atoms. The first-order valence-corrected chi connectivity index (χ1v) is 13.7. The van der Waals surface area contributed by atoms with E-state index in [1.165, 1.54) is 30.0 Å². The lowest BCUT2D eigenvalue weighted by Crippen LogP contribution is -2.57. The molecule has 1 fully saturated rings. The van der Waals surface area contributed by atoms with Gasteiger partial charge in [0, 0.05) is 43.9 Å². The highest BCUT2D eigenvalue weighted by Gasteiger charge is 2.37. The Morgan fingerprint density at radius 2 is 1.74 bits per heavy atom. The molecule has 2 aromatic carbocycles. The van der Waals surface area contributed by atoms with Crippen molar-refractivity contribution < 1.29 is 1.43 Å². The molecule has 38 heavy (non-hydrogen) atoms. The van der Waals surface area contributed by atoms with Crippen LogP contribution < -0.4 is 5.32 Å². The van der Waals surface area contributed by atoms with Gasteiger partial charge in [0.2, 0.25) is 5.95 Å². The number of likely N-dealkylation sites (tertiary alicyclic amines) is 1. The Labute approximate surface area is 226 Å². The topological polar surface area (TPSA) is 58.3 Å². The highest BCUT2D eigenvalue weighted by Crippen LogP contribution is 2.38. The summed E-state index contributed by atoms with van der Waals surface area (Å²) in [6.07, 6.45) is 11.3. The number of anilines is 1. The summed E-state index contributed by atoms with van der Waals surface area (Å²) in [5, 5.41) is 6.29. The van der Waals surface area contributed by atoms with Crippen LogP contribution in [0.1, 0.15) is 48.4 Å². The minimum atomic E-state index is -0.186. The average Bonchev–Trinajstić information content (AvgIpc) is 3.43. The van der Waals surface area contributed by atoms with Crippen LogP contribution in [-0.2, 0) is 0 Å². The van der Waals surface area contributed by atoms with Crippen LogP contribution in [0.4, 0.5) is 5.95 Å². The molecule has 1 saturated heterocycles. The molecule has 1 atom stereocenters. The molecular formula is C32H38N6. The highest BCUT2D eigenvalue weighted by molar-refractivity contribution is 5.95. The Morgan fingerprint density at radius 1 is 0.947 bits per heavy atom. The molecule has 1 unspecified atom stereocenters. The number of fused-ring (bicyclic) bond motifs is 2. The van der Waals surface area contributed by atoms with E-state index in [0.717, 1.165) is 40.5 Å². The minimum absolute atomic E-state index is 0. The molecule has 6 rings (SSSR count). The van der Waals surface area contributed by atoms with Gasteiger partial charge in [-0.25, -0.2) is 9.97 Å². The van der Waals surface area contributed by atoms with Gasteiger partial charge < -0.3 is 5.32 Å². The van der Waals surface area contributed by atoms with Gasteiger partial charge in [0.05, 0.1) is 16.8 Å². The zero-order valence-corrected chi connectivity index (χ0v) is 22.7. The van der Waals surface area contributed by atoms with Crippen LogP contribution in [0, 0.1) is 0 Å². The Balaban J connectivity index is 0.00000308. The van der Waals surface area contributed by atoms with Gasteiger partial charge in [-0.1, -0.05) is 42.8 Å². The predicted octanol–water partition coefficient (Wildman–Crippen LogP) is 7.31. The van der Waals surface area contributed by atoms with E-state index < -0.39 is 0 Å². The summed E-state index contributed by atoms with van der Waals surface area (Å²) in [5.74, 6) is 0.813. The molecule has 1 aliphatic rings. The smallest absolute Gasteiger partial charge is 0.209 e. The van der Waals surface area contributed by atoms with Crippen LogP contribution in [0.3, 0.4) is 0 Å². The molecule has 5 aromatic rings. The van der Waals surface area contributed by atoms with E-state index >= 15 is 0 Å². The number of nitrogens with one attached hydrogen (secondary N) is 1. The molecule has 6 heteroatoms. The van der Waals surface area contributed by atoms with Crippen molar-refractivity contribution in [3.63, 3.8) is 0 Å². The van der Waals surface area contributed by atoms with Crippen LogP contribution in [0.5, 0.6) is 0 Å². The van der Waals surface area contributed by atoms with Crippen LogP contribution in [0.2, 0.25) is 0 Å². The summed E-state index contributed by atoms with van der Waals surface area (Å²) < 4.78 is 2.11. The molecule has 0 radical (unpaired) electrons. The third-order valence-corrected chi connectivity index (χ3v) is 8.01. The maximum Gasteiger partial charge on any atom is 0.209 e. The number of hydrogen-bond donors (Lipinski definition) is 1. The number of nitrogens with zero attached hydrogens (tertiary/aromatic N) is 5. The first-order chi connectivity index (χ1) is 18.4. The van der Waals surface area contributed by atoms with Crippen molar-refractivity contribution in [2.75, 3.05) is 11.9 Å². The Bertz CT molecular complexity index is 1580. The lowest BCUT2D eigenvalue weighted by atomic mass is 9.85. The zero-order chi connectivity index (χ0) is 26.3. The maximum absolute atomic E-state index is 5.32. The lowest BCUT2D eigenvalue weighted by Gasteiger charge is -2.47. The van der Waals surface area contributed by atoms with E-state index in [2.05, 4.69) is 89.8 Å². The largest absolute Gasteiger partial charge is 0.349 e. The molecule has 0 aliphatic carbocycles.